The van der Waals surface area contributed by atoms with E-state index in [0.717, 1.165) is 28.1 Å². The second-order valence-electron chi connectivity index (χ2n) is 6.62. The Labute approximate surface area is 157 Å². The van der Waals surface area contributed by atoms with E-state index < -0.39 is 0 Å². The summed E-state index contributed by atoms with van der Waals surface area (Å²) in [7, 11) is 1.66. The summed E-state index contributed by atoms with van der Waals surface area (Å²) >= 11 is 0. The summed E-state index contributed by atoms with van der Waals surface area (Å²) in [6, 6.07) is 15.4. The van der Waals surface area contributed by atoms with Crippen molar-refractivity contribution in [2.75, 3.05) is 13.7 Å². The second kappa shape index (κ2) is 7.25. The Kier molecular flexibility index (Phi) is 4.64. The third-order valence-corrected chi connectivity index (χ3v) is 4.94. The first-order valence-corrected chi connectivity index (χ1v) is 8.89. The largest absolute Gasteiger partial charge is 0.496 e. The van der Waals surface area contributed by atoms with E-state index in [1.807, 2.05) is 48.5 Å². The number of carbonyl (C=O) groups excluding carboxylic acids is 1. The van der Waals surface area contributed by atoms with Crippen molar-refractivity contribution in [3.05, 3.63) is 71.0 Å². The molecular formula is C21H21N3O3. The number of imidazole rings is 1. The summed E-state index contributed by atoms with van der Waals surface area (Å²) in [5.74, 6) is 1.40. The van der Waals surface area contributed by atoms with E-state index in [1.54, 1.807) is 7.11 Å². The normalized spacial score (nSPS) is 16.4. The van der Waals surface area contributed by atoms with Gasteiger partial charge in [-0.25, -0.2) is 4.98 Å². The van der Waals surface area contributed by atoms with E-state index >= 15 is 0 Å². The van der Waals surface area contributed by atoms with Crippen LogP contribution in [0.25, 0.3) is 11.4 Å². The summed E-state index contributed by atoms with van der Waals surface area (Å²) in [4.78, 5) is 20.4. The van der Waals surface area contributed by atoms with Crippen LogP contribution in [0.1, 0.15) is 33.2 Å². The number of rotatable bonds is 4. The van der Waals surface area contributed by atoms with E-state index in [4.69, 9.17) is 4.74 Å². The zero-order valence-electron chi connectivity index (χ0n) is 15.0. The van der Waals surface area contributed by atoms with Crippen LogP contribution in [0, 0.1) is 0 Å². The number of ether oxygens (including phenoxy) is 1. The van der Waals surface area contributed by atoms with Crippen LogP contribution in [-0.4, -0.2) is 34.6 Å². The Morgan fingerprint density at radius 1 is 1.19 bits per heavy atom. The first-order valence-electron chi connectivity index (χ1n) is 8.89. The number of para-hydroxylation sites is 1. The van der Waals surface area contributed by atoms with Crippen LogP contribution in [0.5, 0.6) is 5.75 Å². The van der Waals surface area contributed by atoms with E-state index in [2.05, 4.69) is 15.3 Å². The fraction of sp³-hybridized carbons (Fsp3) is 0.238. The van der Waals surface area contributed by atoms with Crippen LogP contribution in [0.15, 0.2) is 48.5 Å². The molecule has 0 bridgehead atoms. The fourth-order valence-electron chi connectivity index (χ4n) is 3.49. The molecule has 0 spiro atoms. The van der Waals surface area contributed by atoms with Crippen molar-refractivity contribution in [3.63, 3.8) is 0 Å². The number of nitrogens with zero attached hydrogens (tertiary/aromatic N) is 1. The third-order valence-electron chi connectivity index (χ3n) is 4.94. The SMILES string of the molecule is COc1ccccc1[C@@H]1CNC(=O)c2nc(-c3ccc(CO)cc3)[nH]c2C1. The predicted octanol–water partition coefficient (Wildman–Crippen LogP) is 2.65. The van der Waals surface area contributed by atoms with Gasteiger partial charge >= 0.3 is 0 Å². The Morgan fingerprint density at radius 3 is 2.70 bits per heavy atom. The lowest BCUT2D eigenvalue weighted by molar-refractivity contribution is 0.0950. The van der Waals surface area contributed by atoms with Gasteiger partial charge in [-0.1, -0.05) is 42.5 Å². The quantitative estimate of drug-likeness (QED) is 0.665. The Bertz CT molecular complexity index is 963. The van der Waals surface area contributed by atoms with Gasteiger partial charge in [0.1, 0.15) is 17.3 Å². The van der Waals surface area contributed by atoms with Gasteiger partial charge in [-0.05, 0) is 23.6 Å². The van der Waals surface area contributed by atoms with Crippen LogP contribution in [0.2, 0.25) is 0 Å². The number of aliphatic hydroxyl groups excluding tert-OH is 1. The van der Waals surface area contributed by atoms with Gasteiger partial charge in [0.2, 0.25) is 0 Å². The molecule has 3 N–H and O–H groups in total. The third kappa shape index (κ3) is 3.31. The highest BCUT2D eigenvalue weighted by Gasteiger charge is 2.27. The van der Waals surface area contributed by atoms with Gasteiger partial charge in [-0.3, -0.25) is 4.79 Å². The van der Waals surface area contributed by atoms with E-state index in [1.165, 1.54) is 0 Å². The Balaban J connectivity index is 1.68. The topological polar surface area (TPSA) is 87.2 Å². The monoisotopic (exact) mass is 363 g/mol. The molecule has 0 radical (unpaired) electrons. The van der Waals surface area contributed by atoms with Crippen molar-refractivity contribution in [3.8, 4) is 17.1 Å². The average Bonchev–Trinajstić information content (AvgIpc) is 3.08. The number of aliphatic hydroxyl groups is 1. The van der Waals surface area contributed by atoms with Crippen LogP contribution in [0.3, 0.4) is 0 Å². The summed E-state index contributed by atoms with van der Waals surface area (Å²) in [5, 5.41) is 12.2. The van der Waals surface area contributed by atoms with Gasteiger partial charge in [0.25, 0.3) is 5.91 Å². The minimum atomic E-state index is -0.170. The second-order valence-corrected chi connectivity index (χ2v) is 6.62. The molecule has 3 aromatic rings. The maximum atomic E-state index is 12.5. The molecule has 0 aliphatic carbocycles. The molecule has 1 aliphatic heterocycles. The number of fused-ring (bicyclic) bond motifs is 1. The van der Waals surface area contributed by atoms with Gasteiger partial charge < -0.3 is 20.1 Å². The molecule has 2 heterocycles. The molecular weight excluding hydrogens is 342 g/mol. The number of benzene rings is 2. The van der Waals surface area contributed by atoms with Crippen molar-refractivity contribution < 1.29 is 14.6 Å². The van der Waals surface area contributed by atoms with Crippen molar-refractivity contribution >= 4 is 5.91 Å². The molecule has 6 heteroatoms. The number of hydrogen-bond donors (Lipinski definition) is 3. The molecule has 0 fully saturated rings. The number of aromatic nitrogens is 2. The summed E-state index contributed by atoms with van der Waals surface area (Å²) < 4.78 is 5.49. The molecule has 1 atom stereocenters. The van der Waals surface area contributed by atoms with Gasteiger partial charge in [0, 0.05) is 23.7 Å². The number of H-pyrrole nitrogens is 1. The number of aromatic amines is 1. The molecule has 6 nitrogen and oxygen atoms in total. The summed E-state index contributed by atoms with van der Waals surface area (Å²) in [6.07, 6.45) is 0.663. The van der Waals surface area contributed by atoms with Crippen LogP contribution >= 0.6 is 0 Å². The lowest BCUT2D eigenvalue weighted by Gasteiger charge is -2.17. The lowest BCUT2D eigenvalue weighted by Crippen LogP contribution is -2.26. The number of nitrogens with one attached hydrogen (secondary N) is 2. The van der Waals surface area contributed by atoms with E-state index in [-0.39, 0.29) is 18.4 Å². The highest BCUT2D eigenvalue weighted by molar-refractivity contribution is 5.94. The van der Waals surface area contributed by atoms with E-state index in [0.29, 0.717) is 24.5 Å². The van der Waals surface area contributed by atoms with Crippen LogP contribution in [0.4, 0.5) is 0 Å². The zero-order valence-corrected chi connectivity index (χ0v) is 15.0. The first kappa shape index (κ1) is 17.3. The van der Waals surface area contributed by atoms with Crippen molar-refractivity contribution in [2.24, 2.45) is 0 Å². The van der Waals surface area contributed by atoms with Crippen molar-refractivity contribution in [1.82, 2.24) is 15.3 Å². The van der Waals surface area contributed by atoms with Crippen LogP contribution in [-0.2, 0) is 13.0 Å². The minimum Gasteiger partial charge on any atom is -0.496 e. The molecule has 1 aliphatic rings. The molecule has 138 valence electrons. The van der Waals surface area contributed by atoms with Crippen molar-refractivity contribution in [2.45, 2.75) is 18.9 Å². The maximum Gasteiger partial charge on any atom is 0.271 e. The maximum absolute atomic E-state index is 12.5. The number of amides is 1. The van der Waals surface area contributed by atoms with E-state index in [9.17, 15) is 9.90 Å². The molecule has 0 unspecified atom stereocenters. The van der Waals surface area contributed by atoms with Gasteiger partial charge in [0.05, 0.1) is 13.7 Å². The smallest absolute Gasteiger partial charge is 0.271 e. The molecule has 1 amide bonds. The zero-order chi connectivity index (χ0) is 18.8. The predicted molar refractivity (Wildman–Crippen MR) is 102 cm³/mol. The highest BCUT2D eigenvalue weighted by Crippen LogP contribution is 2.31. The highest BCUT2D eigenvalue weighted by atomic mass is 16.5. The average molecular weight is 363 g/mol. The molecule has 27 heavy (non-hydrogen) atoms. The number of methoxy groups -OCH3 is 1. The number of hydrogen-bond acceptors (Lipinski definition) is 4. The van der Waals surface area contributed by atoms with Crippen molar-refractivity contribution in [1.29, 1.82) is 0 Å². The first-order chi connectivity index (χ1) is 13.2. The molecule has 0 saturated carbocycles. The molecule has 2 aromatic carbocycles. The summed E-state index contributed by atoms with van der Waals surface area (Å²) in [6.45, 7) is 0.530. The fourth-order valence-corrected chi connectivity index (χ4v) is 3.49. The standard InChI is InChI=1S/C21H21N3O3/c1-27-18-5-3-2-4-16(18)15-10-17-19(21(26)22-11-15)24-20(23-17)14-8-6-13(12-25)7-9-14/h2-9,15,25H,10-12H2,1H3,(H,22,26)(H,23,24)/t15-/m0/s1. The number of carbonyl (C=O) groups is 1. The van der Waals surface area contributed by atoms with Gasteiger partial charge in [-0.15, -0.1) is 0 Å². The molecule has 4 rings (SSSR count). The van der Waals surface area contributed by atoms with Gasteiger partial charge in [0.15, 0.2) is 0 Å². The summed E-state index contributed by atoms with van der Waals surface area (Å²) in [5.41, 5.74) is 4.04. The van der Waals surface area contributed by atoms with Crippen LogP contribution < -0.4 is 10.1 Å². The minimum absolute atomic E-state index is 0.00205. The van der Waals surface area contributed by atoms with Gasteiger partial charge in [-0.2, -0.15) is 0 Å². The molecule has 0 saturated heterocycles. The lowest BCUT2D eigenvalue weighted by atomic mass is 9.93. The Hall–Kier alpha value is -3.12. The molecule has 1 aromatic heterocycles. The Morgan fingerprint density at radius 2 is 1.96 bits per heavy atom.